The molecule has 0 aliphatic carbocycles. The fourth-order valence-electron chi connectivity index (χ4n) is 2.49. The second-order valence-corrected chi connectivity index (χ2v) is 5.62. The van der Waals surface area contributed by atoms with E-state index < -0.39 is 17.9 Å². The molecule has 142 valence electrons. The first-order valence-electron chi connectivity index (χ1n) is 8.27. The van der Waals surface area contributed by atoms with Crippen molar-refractivity contribution in [3.8, 4) is 0 Å². The molecule has 0 N–H and O–H groups in total. The Hall–Kier alpha value is -3.88. The highest BCUT2D eigenvalue weighted by atomic mass is 16.8. The topological polar surface area (TPSA) is 125 Å². The van der Waals surface area contributed by atoms with Crippen molar-refractivity contribution in [2.24, 2.45) is 5.11 Å². The number of fused-ring (bicyclic) bond motifs is 1. The van der Waals surface area contributed by atoms with E-state index in [-0.39, 0.29) is 30.8 Å². The predicted octanol–water partition coefficient (Wildman–Crippen LogP) is 3.08. The molecular formula is C18H15N5O5. The van der Waals surface area contributed by atoms with Crippen molar-refractivity contribution in [1.29, 1.82) is 0 Å². The molecule has 28 heavy (non-hydrogen) atoms. The lowest BCUT2D eigenvalue weighted by Crippen LogP contribution is -2.41. The molecule has 3 amide bonds. The van der Waals surface area contributed by atoms with Crippen LogP contribution in [0.5, 0.6) is 0 Å². The third-order valence-electron chi connectivity index (χ3n) is 3.83. The number of benzene rings is 2. The van der Waals surface area contributed by atoms with Gasteiger partial charge >= 0.3 is 6.09 Å². The van der Waals surface area contributed by atoms with Crippen molar-refractivity contribution in [3.63, 3.8) is 0 Å². The van der Waals surface area contributed by atoms with E-state index in [1.165, 1.54) is 12.1 Å². The summed E-state index contributed by atoms with van der Waals surface area (Å²) in [4.78, 5) is 50.1. The summed E-state index contributed by atoms with van der Waals surface area (Å²) in [7, 11) is 0. The molecule has 0 fully saturated rings. The number of hydroxylamine groups is 4. The van der Waals surface area contributed by atoms with E-state index in [1.54, 1.807) is 36.4 Å². The zero-order chi connectivity index (χ0) is 19.9. The second kappa shape index (κ2) is 8.67. The van der Waals surface area contributed by atoms with Crippen LogP contribution in [0.4, 0.5) is 4.79 Å². The SMILES string of the molecule is [N-]=[N+]=NCCN(OCc1ccccc1)C(=O)ON1C(=O)c2ccccc2C1=O. The zero-order valence-electron chi connectivity index (χ0n) is 14.6. The van der Waals surface area contributed by atoms with E-state index in [4.69, 9.17) is 15.2 Å². The van der Waals surface area contributed by atoms with Gasteiger partial charge in [-0.15, -0.1) is 0 Å². The van der Waals surface area contributed by atoms with E-state index in [0.29, 0.717) is 5.06 Å². The standard InChI is InChI=1S/C18H15N5O5/c19-21-20-10-11-22(27-12-13-6-2-1-3-7-13)18(26)28-23-16(24)14-8-4-5-9-15(14)17(23)25/h1-9H,10-12H2. The zero-order valence-corrected chi connectivity index (χ0v) is 14.6. The summed E-state index contributed by atoms with van der Waals surface area (Å²) in [6.07, 6.45) is -1.08. The number of nitrogens with zero attached hydrogens (tertiary/aromatic N) is 5. The lowest BCUT2D eigenvalue weighted by molar-refractivity contribution is -0.166. The number of imide groups is 1. The van der Waals surface area contributed by atoms with Crippen molar-refractivity contribution < 1.29 is 24.1 Å². The van der Waals surface area contributed by atoms with Crippen molar-refractivity contribution in [1.82, 2.24) is 10.1 Å². The van der Waals surface area contributed by atoms with Gasteiger partial charge < -0.3 is 4.84 Å². The Bertz CT molecular complexity index is 907. The van der Waals surface area contributed by atoms with Crippen LogP contribution >= 0.6 is 0 Å². The normalized spacial score (nSPS) is 12.4. The molecule has 1 aliphatic heterocycles. The molecule has 0 spiro atoms. The Morgan fingerprint density at radius 3 is 2.25 bits per heavy atom. The number of carbonyl (C=O) groups is 3. The molecule has 1 heterocycles. The maximum Gasteiger partial charge on any atom is 0.458 e. The molecule has 0 unspecified atom stereocenters. The molecule has 0 saturated heterocycles. The summed E-state index contributed by atoms with van der Waals surface area (Å²) in [5.74, 6) is -1.49. The van der Waals surface area contributed by atoms with Crippen LogP contribution in [0.3, 0.4) is 0 Å². The molecule has 2 aromatic carbocycles. The van der Waals surface area contributed by atoms with Crippen LogP contribution in [-0.2, 0) is 16.3 Å². The fraction of sp³-hybridized carbons (Fsp3) is 0.167. The summed E-state index contributed by atoms with van der Waals surface area (Å²) in [5, 5.41) is 4.53. The largest absolute Gasteiger partial charge is 0.458 e. The predicted molar refractivity (Wildman–Crippen MR) is 95.4 cm³/mol. The fourth-order valence-corrected chi connectivity index (χ4v) is 2.49. The number of rotatable bonds is 7. The average molecular weight is 381 g/mol. The van der Waals surface area contributed by atoms with Crippen LogP contribution in [-0.4, -0.2) is 41.1 Å². The third kappa shape index (κ3) is 4.09. The molecule has 0 atom stereocenters. The summed E-state index contributed by atoms with van der Waals surface area (Å²) < 4.78 is 0. The first kappa shape index (κ1) is 18.9. The Morgan fingerprint density at radius 2 is 1.64 bits per heavy atom. The number of carbonyl (C=O) groups excluding carboxylic acids is 3. The Kier molecular flexibility index (Phi) is 5.85. The Labute approximate surface area is 159 Å². The van der Waals surface area contributed by atoms with Crippen molar-refractivity contribution in [2.45, 2.75) is 6.61 Å². The summed E-state index contributed by atoms with van der Waals surface area (Å²) >= 11 is 0. The number of azide groups is 1. The van der Waals surface area contributed by atoms with Gasteiger partial charge in [0.1, 0.15) is 6.61 Å². The van der Waals surface area contributed by atoms with Crippen molar-refractivity contribution >= 4 is 17.9 Å². The van der Waals surface area contributed by atoms with E-state index in [0.717, 1.165) is 10.6 Å². The van der Waals surface area contributed by atoms with Gasteiger partial charge in [-0.25, -0.2) is 4.79 Å². The molecule has 10 nitrogen and oxygen atoms in total. The average Bonchev–Trinajstić information content (AvgIpc) is 2.96. The molecule has 0 saturated carbocycles. The van der Waals surface area contributed by atoms with Gasteiger partial charge in [0.05, 0.1) is 17.7 Å². The van der Waals surface area contributed by atoms with E-state index >= 15 is 0 Å². The molecule has 10 heteroatoms. The van der Waals surface area contributed by atoms with Crippen LogP contribution in [0.25, 0.3) is 10.4 Å². The van der Waals surface area contributed by atoms with Gasteiger partial charge in [-0.3, -0.25) is 14.4 Å². The lowest BCUT2D eigenvalue weighted by Gasteiger charge is -2.22. The van der Waals surface area contributed by atoms with Gasteiger partial charge in [-0.2, -0.15) is 5.06 Å². The van der Waals surface area contributed by atoms with Gasteiger partial charge in [0.2, 0.25) is 0 Å². The minimum atomic E-state index is -1.08. The van der Waals surface area contributed by atoms with Crippen molar-refractivity contribution in [2.75, 3.05) is 13.1 Å². The highest BCUT2D eigenvalue weighted by molar-refractivity contribution is 6.20. The van der Waals surface area contributed by atoms with Gasteiger partial charge in [-0.1, -0.05) is 52.6 Å². The second-order valence-electron chi connectivity index (χ2n) is 5.62. The van der Waals surface area contributed by atoms with E-state index in [2.05, 4.69) is 10.0 Å². The Morgan fingerprint density at radius 1 is 1.04 bits per heavy atom. The minimum Gasteiger partial charge on any atom is -0.308 e. The smallest absolute Gasteiger partial charge is 0.308 e. The quantitative estimate of drug-likeness (QED) is 0.240. The van der Waals surface area contributed by atoms with E-state index in [9.17, 15) is 14.4 Å². The van der Waals surface area contributed by atoms with Gasteiger partial charge in [0.25, 0.3) is 11.8 Å². The molecule has 0 radical (unpaired) electrons. The van der Waals surface area contributed by atoms with Crippen LogP contribution in [0.1, 0.15) is 26.3 Å². The number of hydrogen-bond acceptors (Lipinski definition) is 6. The van der Waals surface area contributed by atoms with Crippen LogP contribution in [0.2, 0.25) is 0 Å². The number of hydrogen-bond donors (Lipinski definition) is 0. The van der Waals surface area contributed by atoms with Gasteiger partial charge in [0, 0.05) is 11.5 Å². The molecule has 1 aliphatic rings. The van der Waals surface area contributed by atoms with Crippen LogP contribution in [0, 0.1) is 0 Å². The monoisotopic (exact) mass is 381 g/mol. The maximum absolute atomic E-state index is 12.5. The van der Waals surface area contributed by atoms with Gasteiger partial charge in [-0.05, 0) is 23.2 Å². The van der Waals surface area contributed by atoms with Gasteiger partial charge in [0.15, 0.2) is 0 Å². The third-order valence-corrected chi connectivity index (χ3v) is 3.83. The van der Waals surface area contributed by atoms with Crippen molar-refractivity contribution in [3.05, 3.63) is 81.7 Å². The summed E-state index contributed by atoms with van der Waals surface area (Å²) in [6, 6.07) is 15.2. The molecule has 0 aromatic heterocycles. The summed E-state index contributed by atoms with van der Waals surface area (Å²) in [5.41, 5.74) is 9.48. The van der Waals surface area contributed by atoms with E-state index in [1.807, 2.05) is 6.07 Å². The highest BCUT2D eigenvalue weighted by Gasteiger charge is 2.39. The summed E-state index contributed by atoms with van der Waals surface area (Å²) in [6.45, 7) is -0.171. The molecular weight excluding hydrogens is 366 g/mol. The lowest BCUT2D eigenvalue weighted by atomic mass is 10.1. The molecule has 3 rings (SSSR count). The Balaban J connectivity index is 1.69. The molecule has 2 aromatic rings. The van der Waals surface area contributed by atoms with Crippen LogP contribution < -0.4 is 0 Å². The molecule has 0 bridgehead atoms. The first-order valence-corrected chi connectivity index (χ1v) is 8.27. The first-order chi connectivity index (χ1) is 13.6. The highest BCUT2D eigenvalue weighted by Crippen LogP contribution is 2.23. The maximum atomic E-state index is 12.5. The van der Waals surface area contributed by atoms with Crippen LogP contribution in [0.15, 0.2) is 59.7 Å². The number of amides is 3. The minimum absolute atomic E-state index is 0.0360.